The van der Waals surface area contributed by atoms with E-state index < -0.39 is 0 Å². The number of hydrogen-bond donors (Lipinski definition) is 0. The third-order valence-corrected chi connectivity index (χ3v) is 3.14. The number of aryl methyl sites for hydroxylation is 2. The number of nitrogens with zero attached hydrogens (tertiary/aromatic N) is 2. The standard InChI is InChI=1S/C14H14N2O/c1-10-6-13-14(7-11(10)2)16(9-15-13)8-12-4-3-5-17-12/h3-7,9H,8H2,1-2H3. The molecule has 86 valence electrons. The van der Waals surface area contributed by atoms with Crippen molar-refractivity contribution in [1.82, 2.24) is 9.55 Å². The lowest BCUT2D eigenvalue weighted by Gasteiger charge is -2.04. The maximum Gasteiger partial charge on any atom is 0.123 e. The fraction of sp³-hybridized carbons (Fsp3) is 0.214. The van der Waals surface area contributed by atoms with E-state index in [9.17, 15) is 0 Å². The highest BCUT2D eigenvalue weighted by Gasteiger charge is 2.06. The second-order valence-electron chi connectivity index (χ2n) is 4.38. The predicted molar refractivity (Wildman–Crippen MR) is 67.0 cm³/mol. The molecule has 3 rings (SSSR count). The second kappa shape index (κ2) is 3.77. The van der Waals surface area contributed by atoms with Crippen molar-refractivity contribution in [1.29, 1.82) is 0 Å². The van der Waals surface area contributed by atoms with Crippen LogP contribution >= 0.6 is 0 Å². The zero-order valence-corrected chi connectivity index (χ0v) is 9.97. The number of imidazole rings is 1. The van der Waals surface area contributed by atoms with Crippen LogP contribution in [0.15, 0.2) is 41.3 Å². The zero-order valence-electron chi connectivity index (χ0n) is 9.97. The van der Waals surface area contributed by atoms with Crippen LogP contribution in [0.25, 0.3) is 11.0 Å². The lowest BCUT2D eigenvalue weighted by molar-refractivity contribution is 0.496. The van der Waals surface area contributed by atoms with Crippen LogP contribution in [0.2, 0.25) is 0 Å². The molecular weight excluding hydrogens is 212 g/mol. The molecule has 0 radical (unpaired) electrons. The summed E-state index contributed by atoms with van der Waals surface area (Å²) in [4.78, 5) is 4.42. The van der Waals surface area contributed by atoms with Crippen molar-refractivity contribution in [2.45, 2.75) is 20.4 Å². The van der Waals surface area contributed by atoms with Gasteiger partial charge in [-0.25, -0.2) is 4.98 Å². The van der Waals surface area contributed by atoms with Gasteiger partial charge in [-0.15, -0.1) is 0 Å². The van der Waals surface area contributed by atoms with E-state index in [1.165, 1.54) is 11.1 Å². The number of furan rings is 1. The smallest absolute Gasteiger partial charge is 0.123 e. The molecule has 0 aliphatic heterocycles. The highest BCUT2D eigenvalue weighted by Crippen LogP contribution is 2.19. The van der Waals surface area contributed by atoms with Gasteiger partial charge in [-0.05, 0) is 49.2 Å². The van der Waals surface area contributed by atoms with Crippen molar-refractivity contribution in [3.8, 4) is 0 Å². The molecule has 0 spiro atoms. The highest BCUT2D eigenvalue weighted by atomic mass is 16.3. The fourth-order valence-electron chi connectivity index (χ4n) is 2.01. The molecule has 0 saturated heterocycles. The molecule has 0 amide bonds. The predicted octanol–water partition coefficient (Wildman–Crippen LogP) is 3.29. The molecule has 3 nitrogen and oxygen atoms in total. The number of benzene rings is 1. The molecule has 0 bridgehead atoms. The first-order valence-corrected chi connectivity index (χ1v) is 5.68. The molecule has 0 atom stereocenters. The summed E-state index contributed by atoms with van der Waals surface area (Å²) in [7, 11) is 0. The number of aromatic nitrogens is 2. The Balaban J connectivity index is 2.08. The Morgan fingerprint density at radius 1 is 1.24 bits per heavy atom. The molecule has 2 heterocycles. The van der Waals surface area contributed by atoms with Crippen LogP contribution in [-0.2, 0) is 6.54 Å². The minimum atomic E-state index is 0.728. The molecule has 0 aliphatic rings. The molecule has 3 heteroatoms. The van der Waals surface area contributed by atoms with Crippen molar-refractivity contribution in [3.63, 3.8) is 0 Å². The lowest BCUT2D eigenvalue weighted by Crippen LogP contribution is -1.96. The van der Waals surface area contributed by atoms with Gasteiger partial charge in [-0.3, -0.25) is 0 Å². The Labute approximate surface area is 99.7 Å². The van der Waals surface area contributed by atoms with Crippen LogP contribution in [0.4, 0.5) is 0 Å². The van der Waals surface area contributed by atoms with Crippen LogP contribution < -0.4 is 0 Å². The van der Waals surface area contributed by atoms with E-state index in [1.54, 1.807) is 6.26 Å². The second-order valence-corrected chi connectivity index (χ2v) is 4.38. The van der Waals surface area contributed by atoms with E-state index in [0.29, 0.717) is 0 Å². The first-order chi connectivity index (χ1) is 8.24. The number of rotatable bonds is 2. The Hall–Kier alpha value is -2.03. The quantitative estimate of drug-likeness (QED) is 0.671. The monoisotopic (exact) mass is 226 g/mol. The minimum absolute atomic E-state index is 0.728. The van der Waals surface area contributed by atoms with E-state index in [0.717, 1.165) is 23.3 Å². The van der Waals surface area contributed by atoms with Gasteiger partial charge in [0.25, 0.3) is 0 Å². The largest absolute Gasteiger partial charge is 0.467 e. The first kappa shape index (κ1) is 10.1. The molecule has 0 unspecified atom stereocenters. The van der Waals surface area contributed by atoms with Crippen LogP contribution in [0.5, 0.6) is 0 Å². The number of fused-ring (bicyclic) bond motifs is 1. The summed E-state index contributed by atoms with van der Waals surface area (Å²) in [5.74, 6) is 0.947. The molecule has 3 aromatic rings. The van der Waals surface area contributed by atoms with Gasteiger partial charge in [-0.2, -0.15) is 0 Å². The van der Waals surface area contributed by atoms with E-state index in [2.05, 4.69) is 35.5 Å². The van der Waals surface area contributed by atoms with Crippen molar-refractivity contribution in [2.24, 2.45) is 0 Å². The van der Waals surface area contributed by atoms with Crippen molar-refractivity contribution in [3.05, 3.63) is 53.7 Å². The zero-order chi connectivity index (χ0) is 11.8. The summed E-state index contributed by atoms with van der Waals surface area (Å²) < 4.78 is 7.47. The van der Waals surface area contributed by atoms with E-state index >= 15 is 0 Å². The molecule has 1 aromatic carbocycles. The summed E-state index contributed by atoms with van der Waals surface area (Å²) in [6, 6.07) is 8.20. The van der Waals surface area contributed by atoms with Gasteiger partial charge in [0.1, 0.15) is 5.76 Å². The van der Waals surface area contributed by atoms with Crippen LogP contribution in [-0.4, -0.2) is 9.55 Å². The average molecular weight is 226 g/mol. The summed E-state index contributed by atoms with van der Waals surface area (Å²) in [6.07, 6.45) is 3.57. The van der Waals surface area contributed by atoms with Crippen molar-refractivity contribution in [2.75, 3.05) is 0 Å². The maximum absolute atomic E-state index is 5.36. The van der Waals surface area contributed by atoms with Gasteiger partial charge in [0, 0.05) is 0 Å². The van der Waals surface area contributed by atoms with Crippen LogP contribution in [0.3, 0.4) is 0 Å². The highest BCUT2D eigenvalue weighted by molar-refractivity contribution is 5.77. The first-order valence-electron chi connectivity index (χ1n) is 5.68. The summed E-state index contributed by atoms with van der Waals surface area (Å²) >= 11 is 0. The Kier molecular flexibility index (Phi) is 2.25. The van der Waals surface area contributed by atoms with Gasteiger partial charge >= 0.3 is 0 Å². The van der Waals surface area contributed by atoms with Crippen LogP contribution in [0, 0.1) is 13.8 Å². The third-order valence-electron chi connectivity index (χ3n) is 3.14. The van der Waals surface area contributed by atoms with E-state index in [4.69, 9.17) is 4.42 Å². The average Bonchev–Trinajstić information content (AvgIpc) is 2.92. The minimum Gasteiger partial charge on any atom is -0.467 e. The Morgan fingerprint density at radius 3 is 2.82 bits per heavy atom. The summed E-state index contributed by atoms with van der Waals surface area (Å²) in [5, 5.41) is 0. The van der Waals surface area contributed by atoms with Crippen molar-refractivity contribution < 1.29 is 4.42 Å². The van der Waals surface area contributed by atoms with Gasteiger partial charge in [0.15, 0.2) is 0 Å². The third kappa shape index (κ3) is 1.73. The molecule has 17 heavy (non-hydrogen) atoms. The molecule has 0 N–H and O–H groups in total. The Morgan fingerprint density at radius 2 is 2.06 bits per heavy atom. The van der Waals surface area contributed by atoms with E-state index in [1.807, 2.05) is 18.5 Å². The van der Waals surface area contributed by atoms with Gasteiger partial charge in [-0.1, -0.05) is 0 Å². The normalized spacial score (nSPS) is 11.2. The fourth-order valence-corrected chi connectivity index (χ4v) is 2.01. The number of hydrogen-bond acceptors (Lipinski definition) is 2. The SMILES string of the molecule is Cc1cc2ncn(Cc3ccco3)c2cc1C. The van der Waals surface area contributed by atoms with Crippen LogP contribution in [0.1, 0.15) is 16.9 Å². The van der Waals surface area contributed by atoms with Gasteiger partial charge in [0.2, 0.25) is 0 Å². The van der Waals surface area contributed by atoms with E-state index in [-0.39, 0.29) is 0 Å². The molecular formula is C14H14N2O. The summed E-state index contributed by atoms with van der Waals surface area (Å²) in [5.41, 5.74) is 4.77. The maximum atomic E-state index is 5.36. The molecule has 0 aliphatic carbocycles. The van der Waals surface area contributed by atoms with Gasteiger partial charge in [0.05, 0.1) is 30.2 Å². The molecule has 2 aromatic heterocycles. The summed E-state index contributed by atoms with van der Waals surface area (Å²) in [6.45, 7) is 4.96. The molecule has 0 fully saturated rings. The lowest BCUT2D eigenvalue weighted by atomic mass is 10.1. The van der Waals surface area contributed by atoms with Gasteiger partial charge < -0.3 is 8.98 Å². The topological polar surface area (TPSA) is 31.0 Å². The Bertz CT molecular complexity index is 650. The van der Waals surface area contributed by atoms with Crippen molar-refractivity contribution >= 4 is 11.0 Å². The molecule has 0 saturated carbocycles.